The van der Waals surface area contributed by atoms with Gasteiger partial charge >= 0.3 is 0 Å². The molecule has 0 aromatic carbocycles. The number of hydrogen-bond acceptors (Lipinski definition) is 3. The first-order chi connectivity index (χ1) is 6.77. The Labute approximate surface area is 82.7 Å². The molecule has 1 fully saturated rings. The molecule has 0 atom stereocenters. The van der Waals surface area contributed by atoms with Gasteiger partial charge in [-0.3, -0.25) is 4.79 Å². The van der Waals surface area contributed by atoms with E-state index in [0.29, 0.717) is 11.5 Å². The summed E-state index contributed by atoms with van der Waals surface area (Å²) in [5, 5.41) is 6.56. The smallest absolute Gasteiger partial charge is 0.256 e. The molecule has 2 rings (SSSR count). The van der Waals surface area contributed by atoms with Crippen molar-refractivity contribution < 1.29 is 9.32 Å². The van der Waals surface area contributed by atoms with E-state index in [1.807, 2.05) is 6.92 Å². The van der Waals surface area contributed by atoms with E-state index in [0.717, 1.165) is 30.7 Å². The van der Waals surface area contributed by atoms with Gasteiger partial charge in [-0.25, -0.2) is 0 Å². The summed E-state index contributed by atoms with van der Waals surface area (Å²) in [6.07, 6.45) is 2.96. The third-order valence-corrected chi connectivity index (χ3v) is 2.53. The van der Waals surface area contributed by atoms with E-state index < -0.39 is 0 Å². The number of nitrogens with one attached hydrogen (secondary N) is 1. The first-order valence-electron chi connectivity index (χ1n) is 4.98. The van der Waals surface area contributed by atoms with Crippen LogP contribution in [0.2, 0.25) is 0 Å². The maximum atomic E-state index is 11.6. The molecule has 1 aliphatic carbocycles. The fourth-order valence-electron chi connectivity index (χ4n) is 1.57. The Kier molecular flexibility index (Phi) is 2.27. The van der Waals surface area contributed by atoms with Gasteiger partial charge in [0, 0.05) is 13.0 Å². The van der Waals surface area contributed by atoms with Crippen molar-refractivity contribution in [2.75, 3.05) is 7.05 Å². The molecule has 0 saturated heterocycles. The maximum absolute atomic E-state index is 11.6. The predicted octanol–water partition coefficient (Wildman–Crippen LogP) is 1.47. The lowest BCUT2D eigenvalue weighted by Crippen LogP contribution is -2.20. The summed E-state index contributed by atoms with van der Waals surface area (Å²) in [4.78, 5) is 11.6. The number of aryl methyl sites for hydroxylation is 1. The SMILES string of the molecule is CCc1noc(C2CC2)c1C(=O)NC. The second-order valence-electron chi connectivity index (χ2n) is 3.58. The van der Waals surface area contributed by atoms with Crippen molar-refractivity contribution >= 4 is 5.91 Å². The van der Waals surface area contributed by atoms with Crippen LogP contribution >= 0.6 is 0 Å². The Morgan fingerprint density at radius 3 is 2.86 bits per heavy atom. The highest BCUT2D eigenvalue weighted by Crippen LogP contribution is 2.42. The van der Waals surface area contributed by atoms with E-state index in [9.17, 15) is 4.79 Å². The number of hydrogen-bond donors (Lipinski definition) is 1. The van der Waals surface area contributed by atoms with Crippen LogP contribution in [0.3, 0.4) is 0 Å². The Balaban J connectivity index is 2.39. The Morgan fingerprint density at radius 1 is 1.64 bits per heavy atom. The Morgan fingerprint density at radius 2 is 2.36 bits per heavy atom. The Bertz CT molecular complexity index is 353. The number of rotatable bonds is 3. The highest BCUT2D eigenvalue weighted by atomic mass is 16.5. The number of aromatic nitrogens is 1. The number of carbonyl (C=O) groups is 1. The predicted molar refractivity (Wildman–Crippen MR) is 51.2 cm³/mol. The summed E-state index contributed by atoms with van der Waals surface area (Å²) in [5.74, 6) is 1.13. The van der Waals surface area contributed by atoms with Crippen LogP contribution in [0.1, 0.15) is 47.5 Å². The lowest BCUT2D eigenvalue weighted by molar-refractivity contribution is 0.0960. The highest BCUT2D eigenvalue weighted by Gasteiger charge is 2.34. The standard InChI is InChI=1S/C10H14N2O2/c1-3-7-8(10(13)11-2)9(14-12-7)6-4-5-6/h6H,3-5H2,1-2H3,(H,11,13). The van der Waals surface area contributed by atoms with Crippen LogP contribution in [0.15, 0.2) is 4.52 Å². The number of carbonyl (C=O) groups excluding carboxylic acids is 1. The average molecular weight is 194 g/mol. The minimum atomic E-state index is -0.0787. The van der Waals surface area contributed by atoms with Crippen molar-refractivity contribution in [3.8, 4) is 0 Å². The largest absolute Gasteiger partial charge is 0.360 e. The molecule has 1 N–H and O–H groups in total. The molecule has 4 nitrogen and oxygen atoms in total. The minimum absolute atomic E-state index is 0.0787. The lowest BCUT2D eigenvalue weighted by Gasteiger charge is -1.99. The molecular weight excluding hydrogens is 180 g/mol. The molecule has 14 heavy (non-hydrogen) atoms. The van der Waals surface area contributed by atoms with Gasteiger partial charge in [-0.05, 0) is 19.3 Å². The fraction of sp³-hybridized carbons (Fsp3) is 0.600. The highest BCUT2D eigenvalue weighted by molar-refractivity contribution is 5.96. The van der Waals surface area contributed by atoms with Crippen molar-refractivity contribution in [3.63, 3.8) is 0 Å². The van der Waals surface area contributed by atoms with Crippen molar-refractivity contribution in [3.05, 3.63) is 17.0 Å². The van der Waals surface area contributed by atoms with Crippen molar-refractivity contribution in [1.29, 1.82) is 0 Å². The molecule has 76 valence electrons. The summed E-state index contributed by atoms with van der Waals surface area (Å²) in [5.41, 5.74) is 1.43. The van der Waals surface area contributed by atoms with Gasteiger partial charge in [0.1, 0.15) is 5.56 Å². The second-order valence-corrected chi connectivity index (χ2v) is 3.58. The second kappa shape index (κ2) is 3.44. The van der Waals surface area contributed by atoms with Crippen molar-refractivity contribution in [2.24, 2.45) is 0 Å². The number of amides is 1. The molecule has 0 spiro atoms. The zero-order chi connectivity index (χ0) is 10.1. The normalized spacial score (nSPS) is 15.6. The van der Waals surface area contributed by atoms with Gasteiger partial charge in [-0.1, -0.05) is 12.1 Å². The lowest BCUT2D eigenvalue weighted by atomic mass is 10.1. The topological polar surface area (TPSA) is 55.1 Å². The molecule has 1 heterocycles. The van der Waals surface area contributed by atoms with Gasteiger partial charge in [-0.2, -0.15) is 0 Å². The van der Waals surface area contributed by atoms with Crippen LogP contribution in [-0.4, -0.2) is 18.1 Å². The molecule has 4 heteroatoms. The molecule has 1 saturated carbocycles. The van der Waals surface area contributed by atoms with Crippen LogP contribution in [0.4, 0.5) is 0 Å². The average Bonchev–Trinajstić information content (AvgIpc) is 2.96. The zero-order valence-corrected chi connectivity index (χ0v) is 8.46. The monoisotopic (exact) mass is 194 g/mol. The summed E-state index contributed by atoms with van der Waals surface area (Å²) in [7, 11) is 1.63. The first-order valence-corrected chi connectivity index (χ1v) is 4.98. The van der Waals surface area contributed by atoms with E-state index in [-0.39, 0.29) is 5.91 Å². The molecule has 1 aromatic rings. The van der Waals surface area contributed by atoms with Gasteiger partial charge in [0.05, 0.1) is 5.69 Å². The molecule has 1 amide bonds. The van der Waals surface area contributed by atoms with Crippen molar-refractivity contribution in [2.45, 2.75) is 32.1 Å². The first kappa shape index (κ1) is 9.24. The van der Waals surface area contributed by atoms with Crippen molar-refractivity contribution in [1.82, 2.24) is 10.5 Å². The molecule has 0 radical (unpaired) electrons. The van der Waals surface area contributed by atoms with E-state index in [1.165, 1.54) is 0 Å². The molecule has 1 aromatic heterocycles. The van der Waals surface area contributed by atoms with Gasteiger partial charge < -0.3 is 9.84 Å². The number of nitrogens with zero attached hydrogens (tertiary/aromatic N) is 1. The molecular formula is C10H14N2O2. The summed E-state index contributed by atoms with van der Waals surface area (Å²) in [6, 6.07) is 0. The van der Waals surface area contributed by atoms with Gasteiger partial charge in [0.25, 0.3) is 5.91 Å². The third kappa shape index (κ3) is 1.41. The van der Waals surface area contributed by atoms with E-state index in [4.69, 9.17) is 4.52 Å². The quantitative estimate of drug-likeness (QED) is 0.792. The van der Waals surface area contributed by atoms with Crippen LogP contribution < -0.4 is 5.32 Å². The van der Waals surface area contributed by atoms with Crippen LogP contribution in [0, 0.1) is 0 Å². The van der Waals surface area contributed by atoms with Crippen LogP contribution in [0.25, 0.3) is 0 Å². The Hall–Kier alpha value is -1.32. The molecule has 1 aliphatic rings. The minimum Gasteiger partial charge on any atom is -0.360 e. The maximum Gasteiger partial charge on any atom is 0.256 e. The summed E-state index contributed by atoms with van der Waals surface area (Å²) < 4.78 is 5.22. The van der Waals surface area contributed by atoms with Gasteiger partial charge in [-0.15, -0.1) is 0 Å². The fourth-order valence-corrected chi connectivity index (χ4v) is 1.57. The third-order valence-electron chi connectivity index (χ3n) is 2.53. The molecule has 0 unspecified atom stereocenters. The van der Waals surface area contributed by atoms with E-state index in [2.05, 4.69) is 10.5 Å². The molecule has 0 aliphatic heterocycles. The van der Waals surface area contributed by atoms with Gasteiger partial charge in [0.15, 0.2) is 5.76 Å². The van der Waals surface area contributed by atoms with Crippen LogP contribution in [0.5, 0.6) is 0 Å². The molecule has 0 bridgehead atoms. The van der Waals surface area contributed by atoms with Gasteiger partial charge in [0.2, 0.25) is 0 Å². The summed E-state index contributed by atoms with van der Waals surface area (Å²) in [6.45, 7) is 1.97. The van der Waals surface area contributed by atoms with E-state index >= 15 is 0 Å². The summed E-state index contributed by atoms with van der Waals surface area (Å²) >= 11 is 0. The van der Waals surface area contributed by atoms with Crippen LogP contribution in [-0.2, 0) is 6.42 Å². The zero-order valence-electron chi connectivity index (χ0n) is 8.46. The van der Waals surface area contributed by atoms with E-state index in [1.54, 1.807) is 7.05 Å².